The summed E-state index contributed by atoms with van der Waals surface area (Å²) in [6, 6.07) is 5.99. The number of rotatable bonds is 2. The van der Waals surface area contributed by atoms with Gasteiger partial charge in [0.15, 0.2) is 0 Å². The Morgan fingerprint density at radius 3 is 2.74 bits per heavy atom. The molecule has 2 aromatic rings. The highest BCUT2D eigenvalue weighted by molar-refractivity contribution is 7.19. The molecule has 0 unspecified atom stereocenters. The molecule has 0 radical (unpaired) electrons. The molecule has 0 N–H and O–H groups in total. The maximum atomic E-state index is 12.5. The zero-order valence-electron chi connectivity index (χ0n) is 12.7. The predicted molar refractivity (Wildman–Crippen MR) is 87.7 cm³/mol. The summed E-state index contributed by atoms with van der Waals surface area (Å²) in [4.78, 5) is 17.8. The van der Waals surface area contributed by atoms with Gasteiger partial charge in [0, 0.05) is 22.9 Å². The summed E-state index contributed by atoms with van der Waals surface area (Å²) in [5.74, 6) is 0.509. The van der Waals surface area contributed by atoms with Crippen molar-refractivity contribution in [1.29, 1.82) is 0 Å². The Balaban J connectivity index is 1.43. The number of ether oxygens (including phenoxy) is 1. The van der Waals surface area contributed by atoms with Gasteiger partial charge in [-0.2, -0.15) is 0 Å². The van der Waals surface area contributed by atoms with Crippen molar-refractivity contribution in [3.05, 3.63) is 30.7 Å². The van der Waals surface area contributed by atoms with Gasteiger partial charge in [-0.1, -0.05) is 0 Å². The lowest BCUT2D eigenvalue weighted by atomic mass is 9.75. The van der Waals surface area contributed by atoms with Crippen molar-refractivity contribution < 1.29 is 13.9 Å². The Kier molecular flexibility index (Phi) is 2.87. The minimum atomic E-state index is -0.298. The molecule has 4 aliphatic heterocycles. The van der Waals surface area contributed by atoms with E-state index in [2.05, 4.69) is 4.90 Å². The fourth-order valence-electron chi connectivity index (χ4n) is 4.21. The molecule has 1 atom stereocenters. The standard InChI is InChI=1S/C17H18N2O3S/c20-16-19(15-2-1-14(23-15)12-5-8-21-9-12)11-17(22-16)10-18-6-3-13(17)4-7-18/h1-2,5,8-9,13H,3-4,6-7,10-11H2/t17-/m1/s1. The van der Waals surface area contributed by atoms with E-state index in [1.54, 1.807) is 23.9 Å². The van der Waals surface area contributed by atoms with Crippen molar-refractivity contribution in [1.82, 2.24) is 4.90 Å². The second-order valence-electron chi connectivity index (χ2n) is 6.72. The molecule has 2 bridgehead atoms. The lowest BCUT2D eigenvalue weighted by Gasteiger charge is -2.49. The summed E-state index contributed by atoms with van der Waals surface area (Å²) < 4.78 is 11.1. The number of anilines is 1. The molecule has 0 saturated carbocycles. The van der Waals surface area contributed by atoms with Crippen LogP contribution in [0.15, 0.2) is 35.1 Å². The van der Waals surface area contributed by atoms with Gasteiger partial charge in [-0.15, -0.1) is 11.3 Å². The first-order chi connectivity index (χ1) is 11.2. The highest BCUT2D eigenvalue weighted by Gasteiger charge is 2.55. The molecule has 0 aromatic carbocycles. The van der Waals surface area contributed by atoms with Gasteiger partial charge in [0.05, 0.1) is 19.1 Å². The van der Waals surface area contributed by atoms with E-state index in [9.17, 15) is 4.79 Å². The van der Waals surface area contributed by atoms with E-state index in [0.717, 1.165) is 47.9 Å². The normalized spacial score (nSPS) is 32.7. The van der Waals surface area contributed by atoms with Gasteiger partial charge in [0.25, 0.3) is 0 Å². The summed E-state index contributed by atoms with van der Waals surface area (Å²) in [5.41, 5.74) is 0.749. The quantitative estimate of drug-likeness (QED) is 0.846. The van der Waals surface area contributed by atoms with Crippen molar-refractivity contribution in [2.24, 2.45) is 5.92 Å². The number of hydrogen-bond donors (Lipinski definition) is 0. The molecule has 4 saturated heterocycles. The van der Waals surface area contributed by atoms with Crippen LogP contribution in [0.25, 0.3) is 10.4 Å². The van der Waals surface area contributed by atoms with E-state index in [4.69, 9.17) is 9.15 Å². The molecule has 4 fully saturated rings. The maximum absolute atomic E-state index is 12.5. The molecule has 23 heavy (non-hydrogen) atoms. The van der Waals surface area contributed by atoms with Gasteiger partial charge in [0.2, 0.25) is 0 Å². The number of piperidine rings is 3. The van der Waals surface area contributed by atoms with Crippen LogP contribution in [-0.2, 0) is 4.74 Å². The van der Waals surface area contributed by atoms with Gasteiger partial charge in [0.1, 0.15) is 10.6 Å². The molecule has 2 aromatic heterocycles. The average molecular weight is 330 g/mol. The van der Waals surface area contributed by atoms with Crippen LogP contribution < -0.4 is 4.90 Å². The lowest BCUT2D eigenvalue weighted by molar-refractivity contribution is -0.0881. The van der Waals surface area contributed by atoms with Crippen molar-refractivity contribution in [2.75, 3.05) is 31.1 Å². The fourth-order valence-corrected chi connectivity index (χ4v) is 5.19. The van der Waals surface area contributed by atoms with Crippen molar-refractivity contribution >= 4 is 22.4 Å². The Morgan fingerprint density at radius 2 is 2.04 bits per heavy atom. The van der Waals surface area contributed by atoms with E-state index >= 15 is 0 Å². The van der Waals surface area contributed by atoms with Crippen LogP contribution in [0.3, 0.4) is 0 Å². The van der Waals surface area contributed by atoms with Crippen LogP contribution in [0.2, 0.25) is 0 Å². The predicted octanol–water partition coefficient (Wildman–Crippen LogP) is 3.43. The van der Waals surface area contributed by atoms with Crippen LogP contribution in [0.1, 0.15) is 12.8 Å². The topological polar surface area (TPSA) is 45.9 Å². The summed E-state index contributed by atoms with van der Waals surface area (Å²) >= 11 is 1.61. The molecule has 0 aliphatic carbocycles. The van der Waals surface area contributed by atoms with Crippen LogP contribution in [-0.4, -0.2) is 42.8 Å². The number of carbonyl (C=O) groups excluding carboxylic acids is 1. The third kappa shape index (κ3) is 2.05. The van der Waals surface area contributed by atoms with Crippen molar-refractivity contribution in [2.45, 2.75) is 18.4 Å². The minimum Gasteiger partial charge on any atom is -0.472 e. The molecule has 1 spiro atoms. The maximum Gasteiger partial charge on any atom is 0.415 e. The van der Waals surface area contributed by atoms with E-state index in [1.165, 1.54) is 0 Å². The number of fused-ring (bicyclic) bond motifs is 2. The van der Waals surface area contributed by atoms with Crippen LogP contribution >= 0.6 is 11.3 Å². The highest BCUT2D eigenvalue weighted by Crippen LogP contribution is 2.45. The molecule has 6 heterocycles. The second-order valence-corrected chi connectivity index (χ2v) is 7.78. The first-order valence-corrected chi connectivity index (χ1v) is 8.90. The summed E-state index contributed by atoms with van der Waals surface area (Å²) in [5, 5.41) is 0.958. The van der Waals surface area contributed by atoms with E-state index in [1.807, 2.05) is 23.1 Å². The van der Waals surface area contributed by atoms with Gasteiger partial charge < -0.3 is 9.15 Å². The fraction of sp³-hybridized carbons (Fsp3) is 0.471. The lowest BCUT2D eigenvalue weighted by Crippen LogP contribution is -2.61. The second kappa shape index (κ2) is 4.85. The van der Waals surface area contributed by atoms with Crippen molar-refractivity contribution in [3.8, 4) is 10.4 Å². The smallest absolute Gasteiger partial charge is 0.415 e. The first kappa shape index (κ1) is 13.6. The Labute approximate surface area is 138 Å². The number of hydrogen-bond acceptors (Lipinski definition) is 5. The number of amides is 1. The first-order valence-electron chi connectivity index (χ1n) is 8.09. The van der Waals surface area contributed by atoms with E-state index < -0.39 is 0 Å². The third-order valence-corrected chi connectivity index (χ3v) is 6.58. The molecule has 4 aliphatic rings. The molecular weight excluding hydrogens is 312 g/mol. The van der Waals surface area contributed by atoms with E-state index in [0.29, 0.717) is 12.5 Å². The molecule has 120 valence electrons. The van der Waals surface area contributed by atoms with Crippen LogP contribution in [0.5, 0.6) is 0 Å². The summed E-state index contributed by atoms with van der Waals surface area (Å²) in [7, 11) is 0. The van der Waals surface area contributed by atoms with Gasteiger partial charge in [-0.25, -0.2) is 4.79 Å². The largest absolute Gasteiger partial charge is 0.472 e. The van der Waals surface area contributed by atoms with Gasteiger partial charge in [-0.3, -0.25) is 9.80 Å². The van der Waals surface area contributed by atoms with Gasteiger partial charge >= 0.3 is 6.09 Å². The van der Waals surface area contributed by atoms with Gasteiger partial charge in [-0.05, 0) is 44.1 Å². The Hall–Kier alpha value is -1.79. The zero-order chi connectivity index (χ0) is 15.4. The summed E-state index contributed by atoms with van der Waals surface area (Å²) in [6.45, 7) is 3.86. The Bertz CT molecular complexity index is 733. The molecule has 6 heteroatoms. The third-order valence-electron chi connectivity index (χ3n) is 5.42. The van der Waals surface area contributed by atoms with Crippen LogP contribution in [0, 0.1) is 5.92 Å². The van der Waals surface area contributed by atoms with Crippen molar-refractivity contribution in [3.63, 3.8) is 0 Å². The Morgan fingerprint density at radius 1 is 1.17 bits per heavy atom. The minimum absolute atomic E-state index is 0.195. The molecule has 5 nitrogen and oxygen atoms in total. The molecule has 1 amide bonds. The van der Waals surface area contributed by atoms with E-state index in [-0.39, 0.29) is 11.7 Å². The monoisotopic (exact) mass is 330 g/mol. The number of carbonyl (C=O) groups is 1. The number of furan rings is 1. The summed E-state index contributed by atoms with van der Waals surface area (Å²) in [6.07, 6.45) is 5.49. The zero-order valence-corrected chi connectivity index (χ0v) is 13.6. The highest BCUT2D eigenvalue weighted by atomic mass is 32.1. The average Bonchev–Trinajstić information content (AvgIpc) is 3.28. The number of thiophene rings is 1. The SMILES string of the molecule is O=C1O[C@]2(CN3CCC2CC3)CN1c1ccc(-c2ccoc2)s1. The molecule has 6 rings (SSSR count). The van der Waals surface area contributed by atoms with Crippen LogP contribution in [0.4, 0.5) is 9.80 Å². The number of nitrogens with zero attached hydrogens (tertiary/aromatic N) is 2. The molecular formula is C17H18N2O3S.